The van der Waals surface area contributed by atoms with Gasteiger partial charge in [-0.1, -0.05) is 19.9 Å². The Labute approximate surface area is 108 Å². The molecular formula is C14H22N2O2. The summed E-state index contributed by atoms with van der Waals surface area (Å²) in [5.41, 5.74) is 0.797. The fourth-order valence-corrected chi connectivity index (χ4v) is 1.71. The Morgan fingerprint density at radius 1 is 1.44 bits per heavy atom. The number of rotatable bonds is 7. The van der Waals surface area contributed by atoms with Crippen LogP contribution in [0.5, 0.6) is 0 Å². The average Bonchev–Trinajstić information content (AvgIpc) is 2.36. The van der Waals surface area contributed by atoms with Crippen LogP contribution in [0.1, 0.15) is 32.4 Å². The van der Waals surface area contributed by atoms with Crippen molar-refractivity contribution < 1.29 is 9.90 Å². The molecule has 0 aliphatic carbocycles. The molecule has 1 rings (SSSR count). The maximum atomic E-state index is 11.7. The SMILES string of the molecule is CC(C)(CCCO)CNC(=O)Cc1ccccn1. The van der Waals surface area contributed by atoms with Gasteiger partial charge in [-0.2, -0.15) is 0 Å². The van der Waals surface area contributed by atoms with Crippen molar-refractivity contribution in [2.75, 3.05) is 13.2 Å². The second-order valence-corrected chi connectivity index (χ2v) is 5.27. The minimum atomic E-state index is -0.00854. The number of aromatic nitrogens is 1. The number of nitrogens with zero attached hydrogens (tertiary/aromatic N) is 1. The van der Waals surface area contributed by atoms with E-state index in [1.807, 2.05) is 18.2 Å². The van der Waals surface area contributed by atoms with E-state index in [-0.39, 0.29) is 17.9 Å². The smallest absolute Gasteiger partial charge is 0.226 e. The van der Waals surface area contributed by atoms with E-state index in [1.54, 1.807) is 6.20 Å². The summed E-state index contributed by atoms with van der Waals surface area (Å²) in [5, 5.41) is 11.7. The molecule has 1 amide bonds. The standard InChI is InChI=1S/C14H22N2O2/c1-14(2,7-5-9-17)11-16-13(18)10-12-6-3-4-8-15-12/h3-4,6,8,17H,5,7,9-11H2,1-2H3,(H,16,18). The third-order valence-electron chi connectivity index (χ3n) is 2.84. The maximum absolute atomic E-state index is 11.7. The molecule has 0 unspecified atom stereocenters. The molecule has 18 heavy (non-hydrogen) atoms. The number of hydrogen-bond donors (Lipinski definition) is 2. The van der Waals surface area contributed by atoms with Gasteiger partial charge in [0.25, 0.3) is 0 Å². The Bertz CT molecular complexity index is 363. The van der Waals surface area contributed by atoms with E-state index < -0.39 is 0 Å². The van der Waals surface area contributed by atoms with Gasteiger partial charge in [0.1, 0.15) is 0 Å². The minimum Gasteiger partial charge on any atom is -0.396 e. The van der Waals surface area contributed by atoms with Crippen LogP contribution in [0.25, 0.3) is 0 Å². The van der Waals surface area contributed by atoms with Crippen molar-refractivity contribution in [1.29, 1.82) is 0 Å². The van der Waals surface area contributed by atoms with Crippen molar-refractivity contribution in [3.05, 3.63) is 30.1 Å². The number of carbonyl (C=O) groups excluding carboxylic acids is 1. The quantitative estimate of drug-likeness (QED) is 0.771. The van der Waals surface area contributed by atoms with Gasteiger partial charge in [-0.15, -0.1) is 0 Å². The number of hydrogen-bond acceptors (Lipinski definition) is 3. The van der Waals surface area contributed by atoms with Crippen LogP contribution in [0.4, 0.5) is 0 Å². The highest BCUT2D eigenvalue weighted by Gasteiger charge is 2.18. The lowest BCUT2D eigenvalue weighted by atomic mass is 9.88. The molecule has 0 spiro atoms. The van der Waals surface area contributed by atoms with Gasteiger partial charge in [-0.3, -0.25) is 9.78 Å². The molecule has 0 radical (unpaired) electrons. The highest BCUT2D eigenvalue weighted by Crippen LogP contribution is 2.20. The van der Waals surface area contributed by atoms with Crippen molar-refractivity contribution in [2.24, 2.45) is 5.41 Å². The molecule has 2 N–H and O–H groups in total. The Kier molecular flexibility index (Phi) is 5.78. The zero-order valence-electron chi connectivity index (χ0n) is 11.1. The van der Waals surface area contributed by atoms with Gasteiger partial charge < -0.3 is 10.4 Å². The average molecular weight is 250 g/mol. The normalized spacial score (nSPS) is 11.3. The molecular weight excluding hydrogens is 228 g/mol. The van der Waals surface area contributed by atoms with Crippen LogP contribution in [0, 0.1) is 5.41 Å². The summed E-state index contributed by atoms with van der Waals surface area (Å²) < 4.78 is 0. The van der Waals surface area contributed by atoms with Crippen molar-refractivity contribution in [1.82, 2.24) is 10.3 Å². The van der Waals surface area contributed by atoms with Crippen molar-refractivity contribution in [2.45, 2.75) is 33.1 Å². The zero-order valence-corrected chi connectivity index (χ0v) is 11.1. The summed E-state index contributed by atoms with van der Waals surface area (Å²) in [5.74, 6) is -0.00854. The highest BCUT2D eigenvalue weighted by molar-refractivity contribution is 5.78. The maximum Gasteiger partial charge on any atom is 0.226 e. The largest absolute Gasteiger partial charge is 0.396 e. The zero-order chi connectivity index (χ0) is 13.4. The molecule has 1 aromatic heterocycles. The van der Waals surface area contributed by atoms with Crippen LogP contribution in [0.15, 0.2) is 24.4 Å². The van der Waals surface area contributed by atoms with Crippen molar-refractivity contribution in [3.8, 4) is 0 Å². The first-order chi connectivity index (χ1) is 8.53. The summed E-state index contributed by atoms with van der Waals surface area (Å²) in [6, 6.07) is 5.55. The minimum absolute atomic E-state index is 0.00854. The van der Waals surface area contributed by atoms with Crippen LogP contribution in [-0.2, 0) is 11.2 Å². The van der Waals surface area contributed by atoms with Gasteiger partial charge in [-0.05, 0) is 30.4 Å². The summed E-state index contributed by atoms with van der Waals surface area (Å²) >= 11 is 0. The first kappa shape index (κ1) is 14.6. The second-order valence-electron chi connectivity index (χ2n) is 5.27. The number of amides is 1. The predicted octanol–water partition coefficient (Wildman–Crippen LogP) is 1.54. The highest BCUT2D eigenvalue weighted by atomic mass is 16.2. The molecule has 100 valence electrons. The van der Waals surface area contributed by atoms with Crippen LogP contribution in [0.2, 0.25) is 0 Å². The summed E-state index contributed by atoms with van der Waals surface area (Å²) in [6.45, 7) is 5.00. The van der Waals surface area contributed by atoms with Gasteiger partial charge in [0.2, 0.25) is 5.91 Å². The lowest BCUT2D eigenvalue weighted by Crippen LogP contribution is -2.35. The number of aliphatic hydroxyl groups excluding tert-OH is 1. The number of nitrogens with one attached hydrogen (secondary N) is 1. The van der Waals surface area contributed by atoms with Crippen LogP contribution in [-0.4, -0.2) is 29.1 Å². The van der Waals surface area contributed by atoms with E-state index in [9.17, 15) is 4.79 Å². The van der Waals surface area contributed by atoms with E-state index in [0.29, 0.717) is 13.0 Å². The van der Waals surface area contributed by atoms with Gasteiger partial charge in [0, 0.05) is 25.0 Å². The van der Waals surface area contributed by atoms with E-state index >= 15 is 0 Å². The number of pyridine rings is 1. The van der Waals surface area contributed by atoms with E-state index in [4.69, 9.17) is 5.11 Å². The molecule has 0 saturated heterocycles. The molecule has 4 nitrogen and oxygen atoms in total. The molecule has 0 aliphatic heterocycles. The number of carbonyl (C=O) groups is 1. The molecule has 4 heteroatoms. The fraction of sp³-hybridized carbons (Fsp3) is 0.571. The van der Waals surface area contributed by atoms with Crippen LogP contribution in [0.3, 0.4) is 0 Å². The van der Waals surface area contributed by atoms with Gasteiger partial charge in [-0.25, -0.2) is 0 Å². The van der Waals surface area contributed by atoms with E-state index in [0.717, 1.165) is 18.5 Å². The van der Waals surface area contributed by atoms with Gasteiger partial charge in [0.05, 0.1) is 6.42 Å². The second kappa shape index (κ2) is 7.11. The van der Waals surface area contributed by atoms with Gasteiger partial charge >= 0.3 is 0 Å². The molecule has 1 heterocycles. The summed E-state index contributed by atoms with van der Waals surface area (Å²) in [7, 11) is 0. The lowest BCUT2D eigenvalue weighted by Gasteiger charge is -2.24. The predicted molar refractivity (Wildman–Crippen MR) is 71.1 cm³/mol. The monoisotopic (exact) mass is 250 g/mol. The van der Waals surface area contributed by atoms with Gasteiger partial charge in [0.15, 0.2) is 0 Å². The molecule has 0 fully saturated rings. The Hall–Kier alpha value is -1.42. The molecule has 0 saturated carbocycles. The van der Waals surface area contributed by atoms with Crippen molar-refractivity contribution in [3.63, 3.8) is 0 Å². The van der Waals surface area contributed by atoms with Crippen molar-refractivity contribution >= 4 is 5.91 Å². The Morgan fingerprint density at radius 3 is 2.83 bits per heavy atom. The molecule has 0 atom stereocenters. The summed E-state index contributed by atoms with van der Waals surface area (Å²) in [6.07, 6.45) is 3.67. The van der Waals surface area contributed by atoms with E-state index in [2.05, 4.69) is 24.1 Å². The fourth-order valence-electron chi connectivity index (χ4n) is 1.71. The first-order valence-corrected chi connectivity index (χ1v) is 6.31. The molecule has 0 aromatic carbocycles. The topological polar surface area (TPSA) is 62.2 Å². The van der Waals surface area contributed by atoms with Crippen LogP contribution >= 0.6 is 0 Å². The molecule has 0 bridgehead atoms. The third-order valence-corrected chi connectivity index (χ3v) is 2.84. The summed E-state index contributed by atoms with van der Waals surface area (Å²) in [4.78, 5) is 15.9. The van der Waals surface area contributed by atoms with Crippen LogP contribution < -0.4 is 5.32 Å². The molecule has 0 aliphatic rings. The number of aliphatic hydroxyl groups is 1. The van der Waals surface area contributed by atoms with E-state index in [1.165, 1.54) is 0 Å². The Balaban J connectivity index is 2.33. The lowest BCUT2D eigenvalue weighted by molar-refractivity contribution is -0.120. The molecule has 1 aromatic rings. The first-order valence-electron chi connectivity index (χ1n) is 6.31. The Morgan fingerprint density at radius 2 is 2.22 bits per heavy atom. The third kappa shape index (κ3) is 5.77.